The summed E-state index contributed by atoms with van der Waals surface area (Å²) in [6, 6.07) is 12.0. The molecule has 2 aromatic heterocycles. The number of piperidine rings is 1. The number of sulfonamides is 1. The van der Waals surface area contributed by atoms with Crippen LogP contribution in [0.1, 0.15) is 78.6 Å². The average molecular weight is 1420 g/mol. The van der Waals surface area contributed by atoms with Crippen molar-refractivity contribution in [2.45, 2.75) is 69.2 Å². The van der Waals surface area contributed by atoms with Gasteiger partial charge in [-0.2, -0.15) is 0 Å². The topological polar surface area (TPSA) is 343 Å². The van der Waals surface area contributed by atoms with Gasteiger partial charge in [0.2, 0.25) is 29.6 Å². The smallest absolute Gasteiger partial charge is 0.267 e. The molecule has 1 saturated heterocycles. The standard InChI is InChI=1S/C65H85F3N10O18S2/c1-65(2,3)63-76-57(45-9-5-13-49(56(45)68)77-98(85,86)59-46(66)10-6-11-47(59)67)58(97-63)50-16-21-73-64(74-50)72-20-7-19-70-52(79)17-24-87-28-32-91-36-40-96-43-39-94-35-31-90-27-23-71-53(80)18-25-88-29-33-92-37-41-95-42-38-93-34-30-89-26-22-69-48-12-4-8-44-55(48)62(84)78(61(44)83)51-14-15-54(81)75-60(51)82/h4-6,8-13,16,21,51,69,77H,7,14-15,17-20,22-43H2,1-3H3,(H,70,79)(H,71,80)(H,72,73,74)(H,75,81,82). The van der Waals surface area contributed by atoms with Gasteiger partial charge in [-0.05, 0) is 55.3 Å². The molecule has 1 fully saturated rings. The van der Waals surface area contributed by atoms with E-state index in [1.54, 1.807) is 18.2 Å². The summed E-state index contributed by atoms with van der Waals surface area (Å²) in [7, 11) is -4.87. The lowest BCUT2D eigenvalue weighted by molar-refractivity contribution is -0.136. The zero-order chi connectivity index (χ0) is 70.1. The summed E-state index contributed by atoms with van der Waals surface area (Å²) in [5.41, 5.74) is 0.360. The predicted octanol–water partition coefficient (Wildman–Crippen LogP) is 5.28. The zero-order valence-corrected chi connectivity index (χ0v) is 56.7. The number of aromatic nitrogens is 3. The normalized spacial score (nSPS) is 14.0. The summed E-state index contributed by atoms with van der Waals surface area (Å²) >= 11 is 1.28. The minimum Gasteiger partial charge on any atom is -0.382 e. The third kappa shape index (κ3) is 24.9. The van der Waals surface area contributed by atoms with E-state index < -0.39 is 73.1 Å². The summed E-state index contributed by atoms with van der Waals surface area (Å²) in [5, 5.41) is 14.7. The number of imide groups is 2. The number of hydrogen-bond donors (Lipinski definition) is 6. The third-order valence-electron chi connectivity index (χ3n) is 14.3. The van der Waals surface area contributed by atoms with Crippen molar-refractivity contribution in [3.05, 3.63) is 100 Å². The lowest BCUT2D eigenvalue weighted by Gasteiger charge is -2.27. The first-order valence-electron chi connectivity index (χ1n) is 32.1. The van der Waals surface area contributed by atoms with Gasteiger partial charge in [0.15, 0.2) is 10.7 Å². The number of hydrogen-bond acceptors (Lipinski definition) is 24. The number of carbonyl (C=O) groups is 6. The van der Waals surface area contributed by atoms with Crippen LogP contribution in [0.15, 0.2) is 71.8 Å². The van der Waals surface area contributed by atoms with E-state index in [1.165, 1.54) is 35.7 Å². The fourth-order valence-corrected chi connectivity index (χ4v) is 11.8. The van der Waals surface area contributed by atoms with E-state index in [4.69, 9.17) is 52.4 Å². The van der Waals surface area contributed by atoms with E-state index in [1.807, 2.05) is 25.5 Å². The van der Waals surface area contributed by atoms with Gasteiger partial charge in [-0.15, -0.1) is 11.3 Å². The first kappa shape index (κ1) is 77.7. The number of benzene rings is 3. The van der Waals surface area contributed by atoms with Gasteiger partial charge in [-0.25, -0.2) is 36.5 Å². The molecule has 5 aromatic rings. The number of rotatable bonds is 48. The number of anilines is 3. The van der Waals surface area contributed by atoms with Crippen LogP contribution in [0.25, 0.3) is 21.8 Å². The number of nitrogens with one attached hydrogen (secondary N) is 6. The van der Waals surface area contributed by atoms with E-state index in [0.29, 0.717) is 173 Å². The number of nitrogens with zero attached hydrogens (tertiary/aromatic N) is 4. The van der Waals surface area contributed by atoms with Crippen molar-refractivity contribution in [2.75, 3.05) is 174 Å². The molecule has 28 nitrogen and oxygen atoms in total. The molecular formula is C65H85F3N10O18S2. The first-order valence-corrected chi connectivity index (χ1v) is 34.4. The first-order chi connectivity index (χ1) is 47.3. The van der Waals surface area contributed by atoms with Crippen LogP contribution in [0.4, 0.5) is 30.5 Å². The maximum absolute atomic E-state index is 16.3. The van der Waals surface area contributed by atoms with Crippen LogP contribution in [-0.2, 0) is 82.0 Å². The second-order valence-corrected chi connectivity index (χ2v) is 25.4. The van der Waals surface area contributed by atoms with Crippen molar-refractivity contribution in [3.8, 4) is 21.8 Å². The third-order valence-corrected chi connectivity index (χ3v) is 17.2. The van der Waals surface area contributed by atoms with Gasteiger partial charge in [0, 0.05) is 68.3 Å². The van der Waals surface area contributed by atoms with Crippen molar-refractivity contribution >= 4 is 74.1 Å². The molecule has 0 bridgehead atoms. The molecule has 3 aromatic carbocycles. The van der Waals surface area contributed by atoms with Gasteiger partial charge >= 0.3 is 0 Å². The maximum Gasteiger partial charge on any atom is 0.267 e. The molecule has 0 aliphatic carbocycles. The van der Waals surface area contributed by atoms with Crippen LogP contribution in [-0.4, -0.2) is 228 Å². The lowest BCUT2D eigenvalue weighted by Crippen LogP contribution is -2.54. The van der Waals surface area contributed by atoms with Gasteiger partial charge in [0.1, 0.15) is 17.7 Å². The maximum atomic E-state index is 16.3. The SMILES string of the molecule is CC(C)(C)c1nc(-c2cccc(NS(=O)(=O)c3c(F)cccc3F)c2F)c(-c2ccnc(NCCCNC(=O)CCOCCOCCOCCOCCOCCNC(=O)CCOCCOCCOCCOCCOCCNc3cccc4c3C(=O)N(C3CCC(=O)NC3=O)C4=O)n2)s1. The van der Waals surface area contributed by atoms with Gasteiger partial charge in [-0.1, -0.05) is 39.0 Å². The Morgan fingerprint density at radius 2 is 1.09 bits per heavy atom. The lowest BCUT2D eigenvalue weighted by atomic mass is 9.98. The van der Waals surface area contributed by atoms with Crippen LogP contribution in [0.3, 0.4) is 0 Å². The molecule has 7 rings (SSSR count). The Hall–Kier alpha value is -7.67. The van der Waals surface area contributed by atoms with Crippen LogP contribution in [0.5, 0.6) is 0 Å². The predicted molar refractivity (Wildman–Crippen MR) is 353 cm³/mol. The van der Waals surface area contributed by atoms with Crippen molar-refractivity contribution in [1.82, 2.24) is 35.8 Å². The van der Waals surface area contributed by atoms with Gasteiger partial charge < -0.3 is 68.6 Å². The Bertz CT molecular complexity index is 3510. The molecule has 98 heavy (non-hydrogen) atoms. The molecule has 1 unspecified atom stereocenters. The van der Waals surface area contributed by atoms with E-state index in [9.17, 15) is 46.0 Å². The molecule has 536 valence electrons. The fraction of sp³-hybridized carbons (Fsp3) is 0.523. The van der Waals surface area contributed by atoms with Crippen molar-refractivity contribution < 1.29 is 97.7 Å². The highest BCUT2D eigenvalue weighted by molar-refractivity contribution is 7.92. The molecule has 1 atom stereocenters. The molecule has 0 radical (unpaired) electrons. The highest BCUT2D eigenvalue weighted by Crippen LogP contribution is 2.42. The van der Waals surface area contributed by atoms with Gasteiger partial charge in [0.25, 0.3) is 21.8 Å². The van der Waals surface area contributed by atoms with E-state index in [-0.39, 0.29) is 79.0 Å². The highest BCUT2D eigenvalue weighted by atomic mass is 32.2. The summed E-state index contributed by atoms with van der Waals surface area (Å²) in [6.45, 7) is 14.1. The van der Waals surface area contributed by atoms with Crippen molar-refractivity contribution in [2.24, 2.45) is 0 Å². The van der Waals surface area contributed by atoms with Crippen LogP contribution < -0.4 is 31.3 Å². The van der Waals surface area contributed by atoms with Crippen LogP contribution in [0.2, 0.25) is 0 Å². The minimum absolute atomic E-state index is 0.0447. The van der Waals surface area contributed by atoms with E-state index >= 15 is 4.39 Å². The number of thiazole rings is 1. The largest absolute Gasteiger partial charge is 0.382 e. The average Bonchev–Trinajstić information content (AvgIpc) is 1.60. The van der Waals surface area contributed by atoms with Crippen LogP contribution >= 0.6 is 11.3 Å². The van der Waals surface area contributed by atoms with E-state index in [0.717, 1.165) is 29.2 Å². The summed E-state index contributed by atoms with van der Waals surface area (Å²) in [5.74, 6) is -5.99. The number of fused-ring (bicyclic) bond motifs is 1. The Balaban J connectivity index is 0.591. The Morgan fingerprint density at radius 1 is 0.592 bits per heavy atom. The van der Waals surface area contributed by atoms with Gasteiger partial charge in [-0.3, -0.25) is 43.7 Å². The second kappa shape index (κ2) is 41.0. The Labute approximate surface area is 570 Å². The highest BCUT2D eigenvalue weighted by Gasteiger charge is 2.45. The Kier molecular flexibility index (Phi) is 32.5. The number of ether oxygens (including phenoxy) is 10. The quantitative estimate of drug-likeness (QED) is 0.0213. The molecular weight excluding hydrogens is 1330 g/mol. The molecule has 33 heteroatoms. The number of carbonyl (C=O) groups excluding carboxylic acids is 6. The van der Waals surface area contributed by atoms with E-state index in [2.05, 4.69) is 36.6 Å². The van der Waals surface area contributed by atoms with Gasteiger partial charge in [0.05, 0.1) is 170 Å². The molecule has 0 saturated carbocycles. The molecule has 6 amide bonds. The Morgan fingerprint density at radius 3 is 1.64 bits per heavy atom. The molecule has 6 N–H and O–H groups in total. The summed E-state index contributed by atoms with van der Waals surface area (Å²) in [6.07, 6.45) is 2.55. The second-order valence-electron chi connectivity index (χ2n) is 22.7. The fourth-order valence-electron chi connectivity index (χ4n) is 9.47. The summed E-state index contributed by atoms with van der Waals surface area (Å²) < 4.78 is 128. The molecule has 4 heterocycles. The van der Waals surface area contributed by atoms with Crippen molar-refractivity contribution in [3.63, 3.8) is 0 Å². The number of amides is 6. The van der Waals surface area contributed by atoms with Crippen LogP contribution in [0, 0.1) is 17.5 Å². The molecule has 2 aliphatic heterocycles. The zero-order valence-electron chi connectivity index (χ0n) is 55.0. The monoisotopic (exact) mass is 1410 g/mol. The molecule has 0 spiro atoms. The van der Waals surface area contributed by atoms with Crippen molar-refractivity contribution in [1.29, 1.82) is 0 Å². The summed E-state index contributed by atoms with van der Waals surface area (Å²) in [4.78, 5) is 88.6. The number of halogens is 3. The minimum atomic E-state index is -4.87. The molecule has 2 aliphatic rings.